The molecule has 0 unspecified atom stereocenters. The molecule has 0 saturated carbocycles. The van der Waals surface area contributed by atoms with Gasteiger partial charge in [-0.05, 0) is 12.1 Å². The van der Waals surface area contributed by atoms with E-state index in [2.05, 4.69) is 15.9 Å². The summed E-state index contributed by atoms with van der Waals surface area (Å²) in [6.45, 7) is 0. The maximum absolute atomic E-state index is 11.6. The molecule has 0 radical (unpaired) electrons. The van der Waals surface area contributed by atoms with E-state index in [0.717, 1.165) is 0 Å². The van der Waals surface area contributed by atoms with Gasteiger partial charge in [-0.15, -0.1) is 0 Å². The molecule has 5 heteroatoms. The van der Waals surface area contributed by atoms with Crippen molar-refractivity contribution in [2.45, 2.75) is 6.42 Å². The SMILES string of the molecule is O=C(CBr)CC(=O)c1c(Cl)cccc1Cl. The van der Waals surface area contributed by atoms with Crippen LogP contribution >= 0.6 is 39.1 Å². The highest BCUT2D eigenvalue weighted by Gasteiger charge is 2.16. The second-order valence-electron chi connectivity index (χ2n) is 2.87. The number of hydrogen-bond acceptors (Lipinski definition) is 2. The normalized spacial score (nSPS) is 10.1. The summed E-state index contributed by atoms with van der Waals surface area (Å²) in [4.78, 5) is 22.7. The number of ketones is 2. The standard InChI is InChI=1S/C10H7BrCl2O2/c11-5-6(14)4-9(15)10-7(12)2-1-3-8(10)13/h1-3H,4-5H2. The summed E-state index contributed by atoms with van der Waals surface area (Å²) >= 11 is 14.6. The Morgan fingerprint density at radius 2 is 1.73 bits per heavy atom. The Bertz CT molecular complexity index is 384. The lowest BCUT2D eigenvalue weighted by Gasteiger charge is -2.04. The number of hydrogen-bond donors (Lipinski definition) is 0. The van der Waals surface area contributed by atoms with Gasteiger partial charge in [0.05, 0.1) is 27.4 Å². The molecule has 0 heterocycles. The molecule has 0 aliphatic rings. The van der Waals surface area contributed by atoms with Gasteiger partial charge in [0, 0.05) is 0 Å². The lowest BCUT2D eigenvalue weighted by Crippen LogP contribution is -2.09. The highest BCUT2D eigenvalue weighted by Crippen LogP contribution is 2.25. The smallest absolute Gasteiger partial charge is 0.173 e. The molecule has 0 bridgehead atoms. The average Bonchev–Trinajstić information content (AvgIpc) is 2.17. The van der Waals surface area contributed by atoms with Crippen LogP contribution in [-0.4, -0.2) is 16.9 Å². The van der Waals surface area contributed by atoms with Gasteiger partial charge in [-0.3, -0.25) is 9.59 Å². The molecule has 0 aromatic heterocycles. The third-order valence-corrected chi connectivity index (χ3v) is 3.00. The molecule has 1 aromatic rings. The van der Waals surface area contributed by atoms with E-state index in [1.165, 1.54) is 0 Å². The van der Waals surface area contributed by atoms with E-state index in [1.807, 2.05) is 0 Å². The zero-order valence-corrected chi connectivity index (χ0v) is 10.7. The van der Waals surface area contributed by atoms with Crippen molar-refractivity contribution >= 4 is 50.7 Å². The molecule has 0 atom stereocenters. The van der Waals surface area contributed by atoms with E-state index in [-0.39, 0.29) is 38.9 Å². The van der Waals surface area contributed by atoms with Crippen LogP contribution in [0, 0.1) is 0 Å². The average molecular weight is 310 g/mol. The van der Waals surface area contributed by atoms with Gasteiger partial charge in [0.25, 0.3) is 0 Å². The Morgan fingerprint density at radius 3 is 2.20 bits per heavy atom. The summed E-state index contributed by atoms with van der Waals surface area (Å²) in [6.07, 6.45) is -0.186. The number of Topliss-reactive ketones (excluding diaryl/α,β-unsaturated/α-hetero) is 2. The molecule has 1 rings (SSSR count). The van der Waals surface area contributed by atoms with Crippen LogP contribution in [0.4, 0.5) is 0 Å². The molecule has 15 heavy (non-hydrogen) atoms. The molecular weight excluding hydrogens is 303 g/mol. The van der Waals surface area contributed by atoms with E-state index < -0.39 is 0 Å². The van der Waals surface area contributed by atoms with Gasteiger partial charge >= 0.3 is 0 Å². The number of carbonyl (C=O) groups is 2. The van der Waals surface area contributed by atoms with Crippen molar-refractivity contribution in [1.82, 2.24) is 0 Å². The van der Waals surface area contributed by atoms with E-state index in [0.29, 0.717) is 0 Å². The Morgan fingerprint density at radius 1 is 1.20 bits per heavy atom. The van der Waals surface area contributed by atoms with E-state index in [9.17, 15) is 9.59 Å². The second-order valence-corrected chi connectivity index (χ2v) is 4.24. The summed E-state index contributed by atoms with van der Waals surface area (Å²) in [5, 5.41) is 0.700. The monoisotopic (exact) mass is 308 g/mol. The summed E-state index contributed by atoms with van der Waals surface area (Å²) in [5.41, 5.74) is 0.218. The van der Waals surface area contributed by atoms with Gasteiger partial charge in [0.1, 0.15) is 0 Å². The predicted molar refractivity (Wildman–Crippen MR) is 64.2 cm³/mol. The largest absolute Gasteiger partial charge is 0.298 e. The fourth-order valence-electron chi connectivity index (χ4n) is 1.08. The van der Waals surface area contributed by atoms with Crippen LogP contribution < -0.4 is 0 Å². The first-order valence-electron chi connectivity index (χ1n) is 4.11. The van der Waals surface area contributed by atoms with E-state index in [1.54, 1.807) is 18.2 Å². The number of carbonyl (C=O) groups excluding carboxylic acids is 2. The fraction of sp³-hybridized carbons (Fsp3) is 0.200. The van der Waals surface area contributed by atoms with Crippen molar-refractivity contribution in [2.75, 3.05) is 5.33 Å². The minimum absolute atomic E-state index is 0.154. The summed E-state index contributed by atoms with van der Waals surface area (Å²) in [5.74, 6) is -0.550. The van der Waals surface area contributed by atoms with E-state index >= 15 is 0 Å². The predicted octanol–water partition coefficient (Wildman–Crippen LogP) is 3.53. The van der Waals surface area contributed by atoms with Crippen LogP contribution in [0.3, 0.4) is 0 Å². The van der Waals surface area contributed by atoms with Crippen molar-refractivity contribution in [3.63, 3.8) is 0 Å². The number of benzene rings is 1. The maximum Gasteiger partial charge on any atom is 0.173 e. The van der Waals surface area contributed by atoms with Crippen molar-refractivity contribution in [2.24, 2.45) is 0 Å². The van der Waals surface area contributed by atoms with Crippen LogP contribution in [-0.2, 0) is 4.79 Å². The topological polar surface area (TPSA) is 34.1 Å². The summed E-state index contributed by atoms with van der Waals surface area (Å²) in [6, 6.07) is 4.78. The van der Waals surface area contributed by atoms with Crippen molar-refractivity contribution in [1.29, 1.82) is 0 Å². The Hall–Kier alpha value is -0.380. The molecule has 0 N–H and O–H groups in total. The van der Waals surface area contributed by atoms with Crippen molar-refractivity contribution < 1.29 is 9.59 Å². The van der Waals surface area contributed by atoms with Crippen molar-refractivity contribution in [3.8, 4) is 0 Å². The maximum atomic E-state index is 11.6. The van der Waals surface area contributed by atoms with Crippen LogP contribution in [0.1, 0.15) is 16.8 Å². The minimum Gasteiger partial charge on any atom is -0.298 e. The number of halogens is 3. The Labute approximate surface area is 106 Å². The zero-order chi connectivity index (χ0) is 11.4. The molecule has 0 aliphatic carbocycles. The highest BCUT2D eigenvalue weighted by molar-refractivity contribution is 9.09. The van der Waals surface area contributed by atoms with Gasteiger partial charge in [0.15, 0.2) is 11.6 Å². The molecule has 0 fully saturated rings. The lowest BCUT2D eigenvalue weighted by atomic mass is 10.1. The molecule has 2 nitrogen and oxygen atoms in total. The first-order valence-corrected chi connectivity index (χ1v) is 5.99. The third kappa shape index (κ3) is 3.30. The van der Waals surface area contributed by atoms with Crippen LogP contribution in [0.2, 0.25) is 10.0 Å². The van der Waals surface area contributed by atoms with Gasteiger partial charge < -0.3 is 0 Å². The quantitative estimate of drug-likeness (QED) is 0.484. The van der Waals surface area contributed by atoms with Gasteiger partial charge in [0.2, 0.25) is 0 Å². The molecule has 80 valence electrons. The Kier molecular flexibility index (Phi) is 4.77. The molecule has 0 aliphatic heterocycles. The minimum atomic E-state index is -0.352. The molecule has 0 saturated heterocycles. The summed E-state index contributed by atoms with van der Waals surface area (Å²) in [7, 11) is 0. The zero-order valence-electron chi connectivity index (χ0n) is 7.60. The highest BCUT2D eigenvalue weighted by atomic mass is 79.9. The first kappa shape index (κ1) is 12.7. The molecule has 0 amide bonds. The lowest BCUT2D eigenvalue weighted by molar-refractivity contribution is -0.115. The second kappa shape index (κ2) is 5.64. The fourth-order valence-corrected chi connectivity index (χ4v) is 1.89. The van der Waals surface area contributed by atoms with Crippen LogP contribution in [0.5, 0.6) is 0 Å². The van der Waals surface area contributed by atoms with Gasteiger partial charge in [-0.25, -0.2) is 0 Å². The number of rotatable bonds is 4. The van der Waals surface area contributed by atoms with Crippen molar-refractivity contribution in [3.05, 3.63) is 33.8 Å². The van der Waals surface area contributed by atoms with E-state index in [4.69, 9.17) is 23.2 Å². The van der Waals surface area contributed by atoms with Crippen LogP contribution in [0.25, 0.3) is 0 Å². The van der Waals surface area contributed by atoms with Crippen LogP contribution in [0.15, 0.2) is 18.2 Å². The Balaban J connectivity index is 2.96. The number of alkyl halides is 1. The van der Waals surface area contributed by atoms with Gasteiger partial charge in [-0.2, -0.15) is 0 Å². The molecule has 1 aromatic carbocycles. The first-order chi connectivity index (χ1) is 7.06. The van der Waals surface area contributed by atoms with Gasteiger partial charge in [-0.1, -0.05) is 45.2 Å². The molecular formula is C10H7BrCl2O2. The molecule has 0 spiro atoms. The third-order valence-electron chi connectivity index (χ3n) is 1.75. The summed E-state index contributed by atoms with van der Waals surface area (Å²) < 4.78 is 0.